The number of hydrogen-bond donors (Lipinski definition) is 1. The zero-order valence-electron chi connectivity index (χ0n) is 20.7. The fourth-order valence-corrected chi connectivity index (χ4v) is 3.70. The van der Waals surface area contributed by atoms with E-state index in [0.29, 0.717) is 24.5 Å². The average Bonchev–Trinajstić information content (AvgIpc) is 2.95. The first-order valence-electron chi connectivity index (χ1n) is 12.2. The molecule has 7 heteroatoms. The summed E-state index contributed by atoms with van der Waals surface area (Å²) in [5.74, 6) is -0.591. The number of benzene rings is 4. The molecule has 1 N–H and O–H groups in total. The third-order valence-electron chi connectivity index (χ3n) is 5.69. The van der Waals surface area contributed by atoms with Crippen LogP contribution < -0.4 is 9.47 Å². The Morgan fingerprint density at radius 2 is 1.42 bits per heavy atom. The summed E-state index contributed by atoms with van der Waals surface area (Å²) >= 11 is 0. The number of carboxylic acid groups (broad SMARTS) is 1. The Balaban J connectivity index is 1.15. The Morgan fingerprint density at radius 1 is 0.789 bits per heavy atom. The van der Waals surface area contributed by atoms with Crippen LogP contribution in [0.4, 0.5) is 4.39 Å². The number of nitrogens with zero attached hydrogens (tertiary/aromatic N) is 1. The van der Waals surface area contributed by atoms with Crippen LogP contribution in [0.25, 0.3) is 11.1 Å². The second-order valence-corrected chi connectivity index (χ2v) is 8.48. The van der Waals surface area contributed by atoms with Crippen molar-refractivity contribution in [3.8, 4) is 22.6 Å². The molecule has 0 fully saturated rings. The molecule has 0 spiro atoms. The summed E-state index contributed by atoms with van der Waals surface area (Å²) in [6.45, 7) is 0.603. The molecule has 0 heterocycles. The van der Waals surface area contributed by atoms with Crippen LogP contribution in [0.5, 0.6) is 11.5 Å². The molecule has 4 aromatic carbocycles. The molecular weight excluding hydrogens is 485 g/mol. The molecule has 4 rings (SSSR count). The van der Waals surface area contributed by atoms with Gasteiger partial charge in [0.05, 0.1) is 0 Å². The van der Waals surface area contributed by atoms with Crippen molar-refractivity contribution in [2.75, 3.05) is 13.2 Å². The van der Waals surface area contributed by atoms with Crippen LogP contribution in [-0.2, 0) is 22.5 Å². The standard InChI is InChI=1S/C31H28FNO5/c32-27-12-16-29(17-13-27)38-30(31(34)35)22-24-8-14-28(15-9-24)36-20-21-37-33-19-18-23-6-10-26(11-7-23)25-4-2-1-3-5-25/h1-17,19,30H,18,20-22H2,(H,34,35)/t30-/m0/s1. The van der Waals surface area contributed by atoms with E-state index in [1.807, 2.05) is 18.2 Å². The van der Waals surface area contributed by atoms with Gasteiger partial charge < -0.3 is 19.4 Å². The zero-order valence-corrected chi connectivity index (χ0v) is 20.7. The van der Waals surface area contributed by atoms with Gasteiger partial charge >= 0.3 is 5.97 Å². The van der Waals surface area contributed by atoms with Crippen molar-refractivity contribution >= 4 is 12.2 Å². The van der Waals surface area contributed by atoms with Gasteiger partial charge in [-0.1, -0.05) is 71.9 Å². The monoisotopic (exact) mass is 513 g/mol. The van der Waals surface area contributed by atoms with E-state index in [1.165, 1.54) is 35.4 Å². The summed E-state index contributed by atoms with van der Waals surface area (Å²) < 4.78 is 24.2. The molecule has 38 heavy (non-hydrogen) atoms. The van der Waals surface area contributed by atoms with E-state index in [-0.39, 0.29) is 13.0 Å². The second kappa shape index (κ2) is 13.6. The lowest BCUT2D eigenvalue weighted by Crippen LogP contribution is -2.29. The molecule has 0 aliphatic rings. The topological polar surface area (TPSA) is 77.4 Å². The number of ether oxygens (including phenoxy) is 2. The third kappa shape index (κ3) is 8.20. The molecule has 1 atom stereocenters. The van der Waals surface area contributed by atoms with Crippen molar-refractivity contribution < 1.29 is 28.6 Å². The Kier molecular flexibility index (Phi) is 9.45. The van der Waals surface area contributed by atoms with Gasteiger partial charge in [-0.25, -0.2) is 9.18 Å². The average molecular weight is 514 g/mol. The first-order valence-corrected chi connectivity index (χ1v) is 12.2. The normalized spacial score (nSPS) is 11.7. The number of carbonyl (C=O) groups is 1. The summed E-state index contributed by atoms with van der Waals surface area (Å²) in [4.78, 5) is 16.9. The Morgan fingerprint density at radius 3 is 2.11 bits per heavy atom. The largest absolute Gasteiger partial charge is 0.490 e. The zero-order chi connectivity index (χ0) is 26.6. The maximum Gasteiger partial charge on any atom is 0.345 e. The highest BCUT2D eigenvalue weighted by atomic mass is 19.1. The first kappa shape index (κ1) is 26.4. The predicted molar refractivity (Wildman–Crippen MR) is 144 cm³/mol. The Bertz CT molecular complexity index is 1310. The van der Waals surface area contributed by atoms with E-state index in [2.05, 4.69) is 41.6 Å². The number of aliphatic carboxylic acids is 1. The summed E-state index contributed by atoms with van der Waals surface area (Å²) in [6.07, 6.45) is 1.44. The van der Waals surface area contributed by atoms with Gasteiger partial charge in [-0.2, -0.15) is 0 Å². The van der Waals surface area contributed by atoms with E-state index in [1.54, 1.807) is 30.5 Å². The highest BCUT2D eigenvalue weighted by Gasteiger charge is 2.20. The minimum absolute atomic E-state index is 0.153. The maximum absolute atomic E-state index is 13.1. The summed E-state index contributed by atoms with van der Waals surface area (Å²) in [7, 11) is 0. The van der Waals surface area contributed by atoms with Gasteiger partial charge in [0.25, 0.3) is 0 Å². The smallest absolute Gasteiger partial charge is 0.345 e. The lowest BCUT2D eigenvalue weighted by Gasteiger charge is -2.15. The molecule has 0 aliphatic heterocycles. The van der Waals surface area contributed by atoms with Gasteiger partial charge in [0.1, 0.15) is 23.9 Å². The van der Waals surface area contributed by atoms with E-state index < -0.39 is 17.9 Å². The van der Waals surface area contributed by atoms with Crippen LogP contribution in [0.15, 0.2) is 108 Å². The van der Waals surface area contributed by atoms with Crippen LogP contribution in [0.1, 0.15) is 11.1 Å². The quantitative estimate of drug-likeness (QED) is 0.131. The molecule has 0 aliphatic carbocycles. The number of halogens is 1. The molecule has 0 saturated carbocycles. The minimum atomic E-state index is -1.10. The van der Waals surface area contributed by atoms with Crippen molar-refractivity contribution in [2.45, 2.75) is 18.9 Å². The van der Waals surface area contributed by atoms with E-state index in [4.69, 9.17) is 14.3 Å². The van der Waals surface area contributed by atoms with Gasteiger partial charge in [-0.3, -0.25) is 0 Å². The van der Waals surface area contributed by atoms with Gasteiger partial charge in [-0.15, -0.1) is 0 Å². The van der Waals surface area contributed by atoms with Crippen LogP contribution >= 0.6 is 0 Å². The molecule has 0 unspecified atom stereocenters. The number of rotatable bonds is 13. The Hall–Kier alpha value is -4.65. The second-order valence-electron chi connectivity index (χ2n) is 8.48. The minimum Gasteiger partial charge on any atom is -0.490 e. The Labute approximate surface area is 220 Å². The van der Waals surface area contributed by atoms with Crippen LogP contribution in [0, 0.1) is 5.82 Å². The van der Waals surface area contributed by atoms with Crippen LogP contribution in [0.3, 0.4) is 0 Å². The lowest BCUT2D eigenvalue weighted by molar-refractivity contribution is -0.145. The first-order chi connectivity index (χ1) is 18.6. The molecule has 6 nitrogen and oxygen atoms in total. The summed E-state index contributed by atoms with van der Waals surface area (Å²) in [5, 5.41) is 13.5. The van der Waals surface area contributed by atoms with Crippen molar-refractivity contribution in [3.05, 3.63) is 120 Å². The third-order valence-corrected chi connectivity index (χ3v) is 5.69. The molecule has 0 aromatic heterocycles. The molecule has 4 aromatic rings. The van der Waals surface area contributed by atoms with E-state index in [0.717, 1.165) is 11.1 Å². The fraction of sp³-hybridized carbons (Fsp3) is 0.161. The van der Waals surface area contributed by atoms with Gasteiger partial charge in [0.2, 0.25) is 0 Å². The molecular formula is C31H28FNO5. The van der Waals surface area contributed by atoms with Crippen molar-refractivity contribution in [1.82, 2.24) is 0 Å². The number of hydrogen-bond acceptors (Lipinski definition) is 5. The SMILES string of the molecule is O=C(O)[C@H](Cc1ccc(OCCON=CCc2ccc(-c3ccccc3)cc2)cc1)Oc1ccc(F)cc1. The molecule has 0 bridgehead atoms. The van der Waals surface area contributed by atoms with Crippen molar-refractivity contribution in [1.29, 1.82) is 0 Å². The fourth-order valence-electron chi connectivity index (χ4n) is 3.70. The molecule has 0 amide bonds. The highest BCUT2D eigenvalue weighted by molar-refractivity contribution is 5.73. The van der Waals surface area contributed by atoms with Crippen LogP contribution in [-0.4, -0.2) is 36.6 Å². The summed E-state index contributed by atoms with van der Waals surface area (Å²) in [6, 6.07) is 30.9. The van der Waals surface area contributed by atoms with Gasteiger partial charge in [-0.05, 0) is 58.7 Å². The highest BCUT2D eigenvalue weighted by Crippen LogP contribution is 2.20. The number of carboxylic acids is 1. The van der Waals surface area contributed by atoms with Crippen molar-refractivity contribution in [2.24, 2.45) is 5.16 Å². The molecule has 0 saturated heterocycles. The summed E-state index contributed by atoms with van der Waals surface area (Å²) in [5.41, 5.74) is 4.27. The maximum atomic E-state index is 13.1. The lowest BCUT2D eigenvalue weighted by atomic mass is 10.0. The van der Waals surface area contributed by atoms with Crippen LogP contribution in [0.2, 0.25) is 0 Å². The van der Waals surface area contributed by atoms with E-state index in [9.17, 15) is 14.3 Å². The number of oxime groups is 1. The van der Waals surface area contributed by atoms with E-state index >= 15 is 0 Å². The predicted octanol–water partition coefficient (Wildman–Crippen LogP) is 6.19. The van der Waals surface area contributed by atoms with Crippen molar-refractivity contribution in [3.63, 3.8) is 0 Å². The van der Waals surface area contributed by atoms with Gasteiger partial charge in [0.15, 0.2) is 12.7 Å². The molecule has 0 radical (unpaired) electrons. The van der Waals surface area contributed by atoms with Gasteiger partial charge in [0, 0.05) is 19.1 Å². The molecule has 194 valence electrons.